The third-order valence-corrected chi connectivity index (χ3v) is 3.98. The number of ether oxygens (including phenoxy) is 2. The molecule has 3 rings (SSSR count). The summed E-state index contributed by atoms with van der Waals surface area (Å²) in [6.07, 6.45) is 3.53. The molecule has 0 aromatic carbocycles. The molecule has 0 bridgehead atoms. The number of halogens is 1. The average Bonchev–Trinajstić information content (AvgIpc) is 2.87. The van der Waals surface area contributed by atoms with Crippen molar-refractivity contribution in [3.05, 3.63) is 24.1 Å². The Balaban J connectivity index is 1.47. The lowest BCUT2D eigenvalue weighted by molar-refractivity contribution is 0.0403. The number of rotatable bonds is 4. The first-order valence-electron chi connectivity index (χ1n) is 7.39. The molecular formula is C15H21FN2O2. The molecule has 2 fully saturated rings. The van der Waals surface area contributed by atoms with E-state index in [1.54, 1.807) is 12.1 Å². The molecule has 20 heavy (non-hydrogen) atoms. The first-order valence-corrected chi connectivity index (χ1v) is 7.39. The summed E-state index contributed by atoms with van der Waals surface area (Å²) in [5, 5.41) is 0. The molecule has 0 saturated carbocycles. The van der Waals surface area contributed by atoms with Crippen molar-refractivity contribution in [1.29, 1.82) is 0 Å². The van der Waals surface area contributed by atoms with E-state index in [1.165, 1.54) is 18.9 Å². The van der Waals surface area contributed by atoms with Gasteiger partial charge in [-0.25, -0.2) is 0 Å². The monoisotopic (exact) mass is 280 g/mol. The van der Waals surface area contributed by atoms with E-state index in [2.05, 4.69) is 9.88 Å². The highest BCUT2D eigenvalue weighted by Crippen LogP contribution is 2.20. The molecule has 0 N–H and O–H groups in total. The predicted molar refractivity (Wildman–Crippen MR) is 73.2 cm³/mol. The molecule has 0 spiro atoms. The first kappa shape index (κ1) is 13.8. The zero-order valence-corrected chi connectivity index (χ0v) is 11.6. The summed E-state index contributed by atoms with van der Waals surface area (Å²) >= 11 is 0. The Hall–Kier alpha value is -1.20. The van der Waals surface area contributed by atoms with Crippen molar-refractivity contribution in [1.82, 2.24) is 9.88 Å². The van der Waals surface area contributed by atoms with Gasteiger partial charge in [-0.1, -0.05) is 6.07 Å². The number of nitrogens with zero attached hydrogens (tertiary/aromatic N) is 2. The largest absolute Gasteiger partial charge is 0.473 e. The summed E-state index contributed by atoms with van der Waals surface area (Å²) in [5.41, 5.74) is 0. The van der Waals surface area contributed by atoms with Crippen LogP contribution in [0.15, 0.2) is 18.2 Å². The fourth-order valence-corrected chi connectivity index (χ4v) is 3.00. The maximum absolute atomic E-state index is 13.0. The smallest absolute Gasteiger partial charge is 0.216 e. The predicted octanol–water partition coefficient (Wildman–Crippen LogP) is 2.10. The van der Waals surface area contributed by atoms with Gasteiger partial charge in [0.15, 0.2) is 0 Å². The molecule has 1 aromatic rings. The van der Waals surface area contributed by atoms with Crippen LogP contribution < -0.4 is 4.74 Å². The van der Waals surface area contributed by atoms with Crippen LogP contribution in [0.4, 0.5) is 4.39 Å². The van der Waals surface area contributed by atoms with E-state index in [-0.39, 0.29) is 6.10 Å². The fourth-order valence-electron chi connectivity index (χ4n) is 3.00. The number of pyridine rings is 1. The quantitative estimate of drug-likeness (QED) is 0.791. The molecule has 5 heteroatoms. The highest BCUT2D eigenvalue weighted by Gasteiger charge is 2.27. The van der Waals surface area contributed by atoms with E-state index >= 15 is 0 Å². The van der Waals surface area contributed by atoms with Crippen LogP contribution in [-0.4, -0.2) is 48.8 Å². The van der Waals surface area contributed by atoms with Crippen molar-refractivity contribution >= 4 is 0 Å². The number of hydrogen-bond donors (Lipinski definition) is 0. The number of aromatic nitrogens is 1. The maximum atomic E-state index is 13.0. The minimum absolute atomic E-state index is 0.119. The third kappa shape index (κ3) is 3.67. The lowest BCUT2D eigenvalue weighted by Crippen LogP contribution is -2.33. The van der Waals surface area contributed by atoms with E-state index in [0.717, 1.165) is 39.3 Å². The van der Waals surface area contributed by atoms with Crippen molar-refractivity contribution < 1.29 is 13.9 Å². The van der Waals surface area contributed by atoms with Crippen molar-refractivity contribution in [3.63, 3.8) is 0 Å². The molecule has 2 saturated heterocycles. The second kappa shape index (κ2) is 6.50. The van der Waals surface area contributed by atoms with Crippen LogP contribution in [0, 0.1) is 11.9 Å². The van der Waals surface area contributed by atoms with Crippen molar-refractivity contribution in [2.45, 2.75) is 25.4 Å². The van der Waals surface area contributed by atoms with Gasteiger partial charge < -0.3 is 9.47 Å². The Kier molecular flexibility index (Phi) is 4.47. The minimum Gasteiger partial charge on any atom is -0.473 e. The molecule has 2 aliphatic heterocycles. The summed E-state index contributed by atoms with van der Waals surface area (Å²) in [4.78, 5) is 6.17. The van der Waals surface area contributed by atoms with Gasteiger partial charge in [0.1, 0.15) is 6.10 Å². The van der Waals surface area contributed by atoms with Crippen LogP contribution in [0.25, 0.3) is 0 Å². The van der Waals surface area contributed by atoms with Crippen LogP contribution >= 0.6 is 0 Å². The molecule has 0 aliphatic carbocycles. The Morgan fingerprint density at radius 2 is 2.35 bits per heavy atom. The van der Waals surface area contributed by atoms with Gasteiger partial charge in [-0.05, 0) is 31.2 Å². The normalized spacial score (nSPS) is 27.6. The average molecular weight is 280 g/mol. The molecule has 2 atom stereocenters. The second-order valence-electron chi connectivity index (χ2n) is 5.67. The van der Waals surface area contributed by atoms with E-state index in [4.69, 9.17) is 9.47 Å². The molecule has 2 aliphatic rings. The third-order valence-electron chi connectivity index (χ3n) is 3.98. The molecule has 2 unspecified atom stereocenters. The Morgan fingerprint density at radius 3 is 3.15 bits per heavy atom. The van der Waals surface area contributed by atoms with Crippen LogP contribution in [0.5, 0.6) is 5.88 Å². The van der Waals surface area contributed by atoms with Gasteiger partial charge in [-0.3, -0.25) is 4.90 Å². The van der Waals surface area contributed by atoms with Gasteiger partial charge in [0.25, 0.3) is 0 Å². The molecule has 4 nitrogen and oxygen atoms in total. The zero-order chi connectivity index (χ0) is 13.8. The van der Waals surface area contributed by atoms with Gasteiger partial charge >= 0.3 is 0 Å². The SMILES string of the molecule is Fc1cccc(OC2CCN(CC3CCCOC3)C2)n1. The van der Waals surface area contributed by atoms with E-state index in [9.17, 15) is 4.39 Å². The van der Waals surface area contributed by atoms with E-state index in [0.29, 0.717) is 11.8 Å². The summed E-state index contributed by atoms with van der Waals surface area (Å²) in [6.45, 7) is 4.81. The molecule has 1 aromatic heterocycles. The second-order valence-corrected chi connectivity index (χ2v) is 5.67. The highest BCUT2D eigenvalue weighted by atomic mass is 19.1. The van der Waals surface area contributed by atoms with Gasteiger partial charge in [-0.2, -0.15) is 9.37 Å². The summed E-state index contributed by atoms with van der Waals surface area (Å²) in [6, 6.07) is 4.67. The standard InChI is InChI=1S/C15H21FN2O2/c16-14-4-1-5-15(17-14)20-13-6-7-18(10-13)9-12-3-2-8-19-11-12/h1,4-5,12-13H,2-3,6-11H2. The van der Waals surface area contributed by atoms with Gasteiger partial charge in [0.05, 0.1) is 6.61 Å². The summed E-state index contributed by atoms with van der Waals surface area (Å²) in [5.74, 6) is 0.546. The number of hydrogen-bond acceptors (Lipinski definition) is 4. The van der Waals surface area contributed by atoms with Crippen molar-refractivity contribution in [3.8, 4) is 5.88 Å². The lowest BCUT2D eigenvalue weighted by Gasteiger charge is -2.26. The van der Waals surface area contributed by atoms with Crippen LogP contribution in [0.3, 0.4) is 0 Å². The van der Waals surface area contributed by atoms with Crippen LogP contribution in [0.1, 0.15) is 19.3 Å². The van der Waals surface area contributed by atoms with Crippen molar-refractivity contribution in [2.24, 2.45) is 5.92 Å². The molecule has 0 radical (unpaired) electrons. The molecule has 3 heterocycles. The van der Waals surface area contributed by atoms with Crippen LogP contribution in [0.2, 0.25) is 0 Å². The summed E-state index contributed by atoms with van der Waals surface area (Å²) < 4.78 is 24.3. The minimum atomic E-state index is -0.489. The Morgan fingerprint density at radius 1 is 1.40 bits per heavy atom. The lowest BCUT2D eigenvalue weighted by atomic mass is 10.0. The molecule has 110 valence electrons. The van der Waals surface area contributed by atoms with Gasteiger partial charge in [-0.15, -0.1) is 0 Å². The topological polar surface area (TPSA) is 34.6 Å². The van der Waals surface area contributed by atoms with E-state index in [1.807, 2.05) is 0 Å². The van der Waals surface area contributed by atoms with Gasteiger partial charge in [0, 0.05) is 32.3 Å². The van der Waals surface area contributed by atoms with Crippen molar-refractivity contribution in [2.75, 3.05) is 32.8 Å². The van der Waals surface area contributed by atoms with Gasteiger partial charge in [0.2, 0.25) is 11.8 Å². The fraction of sp³-hybridized carbons (Fsp3) is 0.667. The summed E-state index contributed by atoms with van der Waals surface area (Å²) in [7, 11) is 0. The molecule has 0 amide bonds. The highest BCUT2D eigenvalue weighted by molar-refractivity contribution is 5.11. The van der Waals surface area contributed by atoms with Crippen LogP contribution in [-0.2, 0) is 4.74 Å². The Bertz CT molecular complexity index is 438. The molecular weight excluding hydrogens is 259 g/mol. The number of likely N-dealkylation sites (tertiary alicyclic amines) is 1. The maximum Gasteiger partial charge on any atom is 0.216 e. The van der Waals surface area contributed by atoms with E-state index < -0.39 is 5.95 Å². The first-order chi connectivity index (χ1) is 9.79. The Labute approximate surface area is 118 Å². The zero-order valence-electron chi connectivity index (χ0n) is 11.6.